The third kappa shape index (κ3) is 4.37. The Bertz CT molecular complexity index is 758. The highest BCUT2D eigenvalue weighted by Crippen LogP contribution is 2.32. The molecule has 138 valence electrons. The van der Waals surface area contributed by atoms with E-state index in [0.29, 0.717) is 21.8 Å². The van der Waals surface area contributed by atoms with Gasteiger partial charge < -0.3 is 19.7 Å². The van der Waals surface area contributed by atoms with E-state index in [1.54, 1.807) is 18.2 Å². The van der Waals surface area contributed by atoms with Crippen molar-refractivity contribution in [3.05, 3.63) is 52.5 Å². The Hall–Kier alpha value is -2.05. The molecule has 1 heterocycles. The molecule has 0 radical (unpaired) electrons. The topological polar surface area (TPSA) is 50.8 Å². The van der Waals surface area contributed by atoms with Crippen molar-refractivity contribution >= 4 is 27.6 Å². The average Bonchev–Trinajstić information content (AvgIpc) is 2.69. The number of anilines is 1. The second-order valence-corrected chi connectivity index (χ2v) is 7.18. The maximum absolute atomic E-state index is 11.6. The van der Waals surface area contributed by atoms with Crippen LogP contribution in [0, 0.1) is 0 Å². The second kappa shape index (κ2) is 8.56. The predicted molar refractivity (Wildman–Crippen MR) is 106 cm³/mol. The molecular weight excluding hydrogens is 396 g/mol. The fourth-order valence-corrected chi connectivity index (χ4v) is 3.57. The standard InChI is InChI=1S/C20H23BrN2O3/c1-23(16-9-11-22-12-10-16)15-4-6-17(7-5-15)26-19-8-3-14(13-18(19)21)20(24)25-2/h3-8,13,16,22H,9-12H2,1-2H3. The van der Waals surface area contributed by atoms with Crippen LogP contribution < -0.4 is 15.0 Å². The van der Waals surface area contributed by atoms with Crippen LogP contribution >= 0.6 is 15.9 Å². The normalized spacial score (nSPS) is 14.7. The van der Waals surface area contributed by atoms with Gasteiger partial charge in [-0.3, -0.25) is 0 Å². The van der Waals surface area contributed by atoms with Crippen LogP contribution in [0.1, 0.15) is 23.2 Å². The minimum Gasteiger partial charge on any atom is -0.465 e. The molecule has 6 heteroatoms. The lowest BCUT2D eigenvalue weighted by Crippen LogP contribution is -2.41. The number of carbonyl (C=O) groups excluding carboxylic acids is 1. The first-order valence-corrected chi connectivity index (χ1v) is 9.47. The van der Waals surface area contributed by atoms with E-state index in [0.717, 1.165) is 31.7 Å². The third-order valence-electron chi connectivity index (χ3n) is 4.68. The Kier molecular flexibility index (Phi) is 6.16. The number of benzene rings is 2. The molecule has 0 atom stereocenters. The Morgan fingerprint density at radius 3 is 2.46 bits per heavy atom. The summed E-state index contributed by atoms with van der Waals surface area (Å²) in [5, 5.41) is 3.40. The number of carbonyl (C=O) groups is 1. The van der Waals surface area contributed by atoms with Gasteiger partial charge in [0, 0.05) is 18.8 Å². The zero-order chi connectivity index (χ0) is 18.5. The van der Waals surface area contributed by atoms with Crippen LogP contribution in [0.3, 0.4) is 0 Å². The van der Waals surface area contributed by atoms with E-state index in [1.807, 2.05) is 12.1 Å². The number of hydrogen-bond donors (Lipinski definition) is 1. The van der Waals surface area contributed by atoms with E-state index in [4.69, 9.17) is 9.47 Å². The summed E-state index contributed by atoms with van der Waals surface area (Å²) in [6.45, 7) is 2.15. The molecule has 2 aromatic carbocycles. The molecule has 5 nitrogen and oxygen atoms in total. The summed E-state index contributed by atoms with van der Waals surface area (Å²) >= 11 is 3.44. The first-order valence-electron chi connectivity index (χ1n) is 8.68. The third-order valence-corrected chi connectivity index (χ3v) is 5.30. The van der Waals surface area contributed by atoms with Crippen molar-refractivity contribution in [1.82, 2.24) is 5.32 Å². The second-order valence-electron chi connectivity index (χ2n) is 6.32. The van der Waals surface area contributed by atoms with Crippen molar-refractivity contribution < 1.29 is 14.3 Å². The van der Waals surface area contributed by atoms with Crippen LogP contribution in [0.25, 0.3) is 0 Å². The smallest absolute Gasteiger partial charge is 0.337 e. The van der Waals surface area contributed by atoms with Crippen LogP contribution in [0.2, 0.25) is 0 Å². The molecular formula is C20H23BrN2O3. The van der Waals surface area contributed by atoms with E-state index in [1.165, 1.54) is 12.8 Å². The summed E-state index contributed by atoms with van der Waals surface area (Å²) in [5.74, 6) is 1.03. The lowest BCUT2D eigenvalue weighted by atomic mass is 10.0. The lowest BCUT2D eigenvalue weighted by molar-refractivity contribution is 0.0600. The summed E-state index contributed by atoms with van der Waals surface area (Å²) in [7, 11) is 3.51. The highest BCUT2D eigenvalue weighted by Gasteiger charge is 2.18. The van der Waals surface area contributed by atoms with E-state index in [9.17, 15) is 4.79 Å². The van der Waals surface area contributed by atoms with Gasteiger partial charge in [0.2, 0.25) is 0 Å². The fraction of sp³-hybridized carbons (Fsp3) is 0.350. The quantitative estimate of drug-likeness (QED) is 0.736. The molecule has 0 aliphatic carbocycles. The summed E-state index contributed by atoms with van der Waals surface area (Å²) in [6, 6.07) is 13.8. The average molecular weight is 419 g/mol. The number of halogens is 1. The number of ether oxygens (including phenoxy) is 2. The predicted octanol–water partition coefficient (Wildman–Crippen LogP) is 4.22. The van der Waals surface area contributed by atoms with Gasteiger partial charge in [-0.25, -0.2) is 4.79 Å². The van der Waals surface area contributed by atoms with Gasteiger partial charge in [0.05, 0.1) is 17.1 Å². The molecule has 26 heavy (non-hydrogen) atoms. The maximum Gasteiger partial charge on any atom is 0.337 e. The van der Waals surface area contributed by atoms with Gasteiger partial charge in [0.15, 0.2) is 0 Å². The minimum atomic E-state index is -0.373. The summed E-state index contributed by atoms with van der Waals surface area (Å²) in [4.78, 5) is 13.9. The number of rotatable bonds is 5. The van der Waals surface area contributed by atoms with Gasteiger partial charge in [0.1, 0.15) is 11.5 Å². The molecule has 0 saturated carbocycles. The molecule has 0 bridgehead atoms. The van der Waals surface area contributed by atoms with Crippen LogP contribution in [0.15, 0.2) is 46.9 Å². The van der Waals surface area contributed by atoms with E-state index >= 15 is 0 Å². The monoisotopic (exact) mass is 418 g/mol. The molecule has 0 aromatic heterocycles. The number of nitrogens with one attached hydrogen (secondary N) is 1. The van der Waals surface area contributed by atoms with Gasteiger partial charge in [0.25, 0.3) is 0 Å². The van der Waals surface area contributed by atoms with E-state index in [2.05, 4.69) is 45.3 Å². The van der Waals surface area contributed by atoms with Gasteiger partial charge in [-0.1, -0.05) is 0 Å². The minimum absolute atomic E-state index is 0.373. The van der Waals surface area contributed by atoms with Gasteiger partial charge in [-0.15, -0.1) is 0 Å². The zero-order valence-corrected chi connectivity index (χ0v) is 16.6. The fourth-order valence-electron chi connectivity index (χ4n) is 3.11. The van der Waals surface area contributed by atoms with Crippen LogP contribution in [-0.2, 0) is 4.74 Å². The highest BCUT2D eigenvalue weighted by atomic mass is 79.9. The van der Waals surface area contributed by atoms with Crippen molar-refractivity contribution in [2.24, 2.45) is 0 Å². The Morgan fingerprint density at radius 1 is 1.15 bits per heavy atom. The highest BCUT2D eigenvalue weighted by molar-refractivity contribution is 9.10. The number of hydrogen-bond acceptors (Lipinski definition) is 5. The molecule has 0 amide bonds. The van der Waals surface area contributed by atoms with Gasteiger partial charge >= 0.3 is 5.97 Å². The van der Waals surface area contributed by atoms with E-state index in [-0.39, 0.29) is 5.97 Å². The first-order chi connectivity index (χ1) is 12.6. The molecule has 1 aliphatic heterocycles. The Balaban J connectivity index is 1.68. The van der Waals surface area contributed by atoms with Crippen molar-refractivity contribution in [1.29, 1.82) is 0 Å². The summed E-state index contributed by atoms with van der Waals surface area (Å²) < 4.78 is 11.4. The number of nitrogens with zero attached hydrogens (tertiary/aromatic N) is 1. The molecule has 1 fully saturated rings. The summed E-state index contributed by atoms with van der Waals surface area (Å²) in [5.41, 5.74) is 1.66. The largest absolute Gasteiger partial charge is 0.465 e. The number of piperidine rings is 1. The molecule has 2 aromatic rings. The van der Waals surface area contributed by atoms with Crippen LogP contribution in [0.5, 0.6) is 11.5 Å². The first kappa shape index (κ1) is 18.7. The molecule has 1 aliphatic rings. The van der Waals surface area contributed by atoms with Crippen molar-refractivity contribution in [2.75, 3.05) is 32.1 Å². The van der Waals surface area contributed by atoms with Crippen LogP contribution in [0.4, 0.5) is 5.69 Å². The van der Waals surface area contributed by atoms with Crippen molar-refractivity contribution in [3.63, 3.8) is 0 Å². The number of esters is 1. The van der Waals surface area contributed by atoms with Crippen LogP contribution in [-0.4, -0.2) is 39.3 Å². The number of methoxy groups -OCH3 is 1. The van der Waals surface area contributed by atoms with Crippen molar-refractivity contribution in [2.45, 2.75) is 18.9 Å². The molecule has 0 unspecified atom stereocenters. The zero-order valence-electron chi connectivity index (χ0n) is 15.0. The lowest BCUT2D eigenvalue weighted by Gasteiger charge is -2.33. The Morgan fingerprint density at radius 2 is 1.85 bits per heavy atom. The molecule has 1 saturated heterocycles. The molecule has 0 spiro atoms. The maximum atomic E-state index is 11.6. The molecule has 1 N–H and O–H groups in total. The summed E-state index contributed by atoms with van der Waals surface area (Å²) in [6.07, 6.45) is 2.32. The van der Waals surface area contributed by atoms with Crippen molar-refractivity contribution in [3.8, 4) is 11.5 Å². The van der Waals surface area contributed by atoms with Gasteiger partial charge in [-0.05, 0) is 84.3 Å². The van der Waals surface area contributed by atoms with E-state index < -0.39 is 0 Å². The van der Waals surface area contributed by atoms with Gasteiger partial charge in [-0.2, -0.15) is 0 Å². The molecule has 3 rings (SSSR count). The SMILES string of the molecule is COC(=O)c1ccc(Oc2ccc(N(C)C3CCNCC3)cc2)c(Br)c1. The Labute approximate surface area is 162 Å².